The van der Waals surface area contributed by atoms with E-state index >= 15 is 0 Å². The number of hydrazine groups is 1. The van der Waals surface area contributed by atoms with Crippen molar-refractivity contribution in [3.05, 3.63) is 65.2 Å². The highest BCUT2D eigenvalue weighted by Crippen LogP contribution is 2.45. The third kappa shape index (κ3) is 5.68. The third-order valence-corrected chi connectivity index (χ3v) is 7.19. The molecule has 1 aliphatic rings. The van der Waals surface area contributed by atoms with Crippen LogP contribution >= 0.6 is 23.5 Å². The summed E-state index contributed by atoms with van der Waals surface area (Å²) in [5.74, 6) is 2.17. The van der Waals surface area contributed by atoms with Crippen molar-refractivity contribution in [1.29, 1.82) is 0 Å². The van der Waals surface area contributed by atoms with Gasteiger partial charge in [0.15, 0.2) is 6.61 Å². The molecule has 142 valence electrons. The summed E-state index contributed by atoms with van der Waals surface area (Å²) in [5, 5.41) is 0. The molecule has 1 fully saturated rings. The number of thioether (sulfide) groups is 2. The largest absolute Gasteiger partial charge is 0.484 e. The number of amides is 2. The number of benzene rings is 2. The van der Waals surface area contributed by atoms with E-state index in [4.69, 9.17) is 4.74 Å². The summed E-state index contributed by atoms with van der Waals surface area (Å²) in [6.07, 6.45) is 0.951. The first-order valence-corrected chi connectivity index (χ1v) is 10.9. The average molecular weight is 403 g/mol. The summed E-state index contributed by atoms with van der Waals surface area (Å²) in [7, 11) is 0. The van der Waals surface area contributed by atoms with Crippen LogP contribution in [-0.4, -0.2) is 29.9 Å². The molecule has 1 saturated heterocycles. The van der Waals surface area contributed by atoms with Gasteiger partial charge in [0.1, 0.15) is 5.75 Å². The lowest BCUT2D eigenvalue weighted by atomic mass is 10.1. The number of carbonyl (C=O) groups is 2. The van der Waals surface area contributed by atoms with Gasteiger partial charge in [-0.3, -0.25) is 20.4 Å². The van der Waals surface area contributed by atoms with E-state index in [1.54, 1.807) is 12.1 Å². The van der Waals surface area contributed by atoms with Gasteiger partial charge >= 0.3 is 0 Å². The molecule has 0 bridgehead atoms. The zero-order valence-electron chi connectivity index (χ0n) is 15.1. The molecule has 1 aliphatic heterocycles. The van der Waals surface area contributed by atoms with Gasteiger partial charge in [-0.15, -0.1) is 23.5 Å². The van der Waals surface area contributed by atoms with Crippen LogP contribution in [-0.2, 0) is 11.2 Å². The minimum Gasteiger partial charge on any atom is -0.484 e. The van der Waals surface area contributed by atoms with Gasteiger partial charge in [-0.1, -0.05) is 31.2 Å². The van der Waals surface area contributed by atoms with Crippen molar-refractivity contribution in [2.75, 3.05) is 18.1 Å². The Morgan fingerprint density at radius 1 is 1.00 bits per heavy atom. The first-order chi connectivity index (χ1) is 13.2. The monoisotopic (exact) mass is 402 g/mol. The second-order valence-electron chi connectivity index (χ2n) is 5.98. The van der Waals surface area contributed by atoms with Crippen LogP contribution in [0.3, 0.4) is 0 Å². The topological polar surface area (TPSA) is 67.4 Å². The fraction of sp³-hybridized carbons (Fsp3) is 0.300. The lowest BCUT2D eigenvalue weighted by molar-refractivity contribution is -0.123. The predicted octanol–water partition coefficient (Wildman–Crippen LogP) is 3.57. The van der Waals surface area contributed by atoms with Crippen LogP contribution < -0.4 is 15.6 Å². The fourth-order valence-electron chi connectivity index (χ4n) is 2.55. The standard InChI is InChI=1S/C20H22N2O3S2/c1-2-14-3-9-17(10-4-14)25-13-18(23)21-22-19(24)15-5-7-16(8-6-15)20-26-11-12-27-20/h3-10,20H,2,11-13H2,1H3,(H,21,23)(H,22,24). The van der Waals surface area contributed by atoms with Gasteiger partial charge in [-0.2, -0.15) is 0 Å². The molecular weight excluding hydrogens is 380 g/mol. The second-order valence-corrected chi connectivity index (χ2v) is 8.71. The molecule has 0 saturated carbocycles. The highest BCUT2D eigenvalue weighted by molar-refractivity contribution is 8.19. The molecule has 0 spiro atoms. The van der Waals surface area contributed by atoms with Crippen molar-refractivity contribution in [1.82, 2.24) is 10.9 Å². The van der Waals surface area contributed by atoms with Gasteiger partial charge in [0, 0.05) is 17.1 Å². The number of aryl methyl sites for hydroxylation is 1. The maximum absolute atomic E-state index is 12.1. The van der Waals surface area contributed by atoms with E-state index in [0.717, 1.165) is 17.9 Å². The van der Waals surface area contributed by atoms with Crippen molar-refractivity contribution >= 4 is 35.3 Å². The van der Waals surface area contributed by atoms with Crippen molar-refractivity contribution in [2.45, 2.75) is 17.9 Å². The van der Waals surface area contributed by atoms with Gasteiger partial charge < -0.3 is 4.74 Å². The van der Waals surface area contributed by atoms with Crippen LogP contribution in [0.1, 0.15) is 33.0 Å². The smallest absolute Gasteiger partial charge is 0.276 e. The first-order valence-electron chi connectivity index (χ1n) is 8.80. The number of nitrogens with one attached hydrogen (secondary N) is 2. The third-order valence-electron chi connectivity index (χ3n) is 4.08. The van der Waals surface area contributed by atoms with E-state index < -0.39 is 5.91 Å². The Kier molecular flexibility index (Phi) is 7.06. The molecule has 3 rings (SSSR count). The Bertz CT molecular complexity index is 773. The number of rotatable bonds is 6. The lowest BCUT2D eigenvalue weighted by Crippen LogP contribution is -2.43. The summed E-state index contributed by atoms with van der Waals surface area (Å²) < 4.78 is 5.86. The van der Waals surface area contributed by atoms with Gasteiger partial charge in [0.05, 0.1) is 4.58 Å². The molecular formula is C20H22N2O3S2. The van der Waals surface area contributed by atoms with Gasteiger partial charge in [-0.05, 0) is 41.8 Å². The summed E-state index contributed by atoms with van der Waals surface area (Å²) in [6.45, 7) is 1.91. The van der Waals surface area contributed by atoms with Crippen LogP contribution in [0.4, 0.5) is 0 Å². The summed E-state index contributed by atoms with van der Waals surface area (Å²) in [6, 6.07) is 15.1. The Balaban J connectivity index is 1.43. The maximum Gasteiger partial charge on any atom is 0.276 e. The average Bonchev–Trinajstić information content (AvgIpc) is 3.26. The van der Waals surface area contributed by atoms with Crippen molar-refractivity contribution in [2.24, 2.45) is 0 Å². The van der Waals surface area contributed by atoms with E-state index in [0.29, 0.717) is 15.9 Å². The van der Waals surface area contributed by atoms with E-state index in [-0.39, 0.29) is 12.5 Å². The van der Waals surface area contributed by atoms with Crippen molar-refractivity contribution in [3.8, 4) is 5.75 Å². The number of hydrogen-bond acceptors (Lipinski definition) is 5. The lowest BCUT2D eigenvalue weighted by Gasteiger charge is -2.11. The molecule has 0 aliphatic carbocycles. The van der Waals surface area contributed by atoms with Crippen LogP contribution in [0.5, 0.6) is 5.75 Å². The van der Waals surface area contributed by atoms with E-state index in [1.807, 2.05) is 59.9 Å². The molecule has 7 heteroatoms. The highest BCUT2D eigenvalue weighted by atomic mass is 32.2. The Labute approximate surface area is 167 Å². The normalized spacial score (nSPS) is 14.0. The summed E-state index contributed by atoms with van der Waals surface area (Å²) in [4.78, 5) is 24.0. The Morgan fingerprint density at radius 3 is 2.30 bits per heavy atom. The SMILES string of the molecule is CCc1ccc(OCC(=O)NNC(=O)c2ccc(C3SCCS3)cc2)cc1. The van der Waals surface area contributed by atoms with Crippen LogP contribution in [0.2, 0.25) is 0 Å². The van der Waals surface area contributed by atoms with Crippen molar-refractivity contribution < 1.29 is 14.3 Å². The molecule has 2 amide bonds. The molecule has 2 aromatic carbocycles. The fourth-order valence-corrected chi connectivity index (χ4v) is 5.41. The van der Waals surface area contributed by atoms with E-state index in [9.17, 15) is 9.59 Å². The molecule has 2 N–H and O–H groups in total. The van der Waals surface area contributed by atoms with Crippen LogP contribution in [0, 0.1) is 0 Å². The number of hydrogen-bond donors (Lipinski definition) is 2. The van der Waals surface area contributed by atoms with E-state index in [1.165, 1.54) is 11.1 Å². The minimum absolute atomic E-state index is 0.166. The summed E-state index contributed by atoms with van der Waals surface area (Å²) in [5.41, 5.74) is 7.71. The highest BCUT2D eigenvalue weighted by Gasteiger charge is 2.18. The quantitative estimate of drug-likeness (QED) is 0.723. The molecule has 0 radical (unpaired) electrons. The predicted molar refractivity (Wildman–Crippen MR) is 111 cm³/mol. The second kappa shape index (κ2) is 9.71. The Morgan fingerprint density at radius 2 is 1.67 bits per heavy atom. The zero-order chi connectivity index (χ0) is 19.1. The van der Waals surface area contributed by atoms with Gasteiger partial charge in [0.25, 0.3) is 11.8 Å². The minimum atomic E-state index is -0.418. The molecule has 0 aromatic heterocycles. The summed E-state index contributed by atoms with van der Waals surface area (Å²) >= 11 is 3.84. The first kappa shape index (κ1) is 19.6. The van der Waals surface area contributed by atoms with Crippen LogP contribution in [0.25, 0.3) is 0 Å². The van der Waals surface area contributed by atoms with Crippen molar-refractivity contribution in [3.63, 3.8) is 0 Å². The maximum atomic E-state index is 12.1. The molecule has 27 heavy (non-hydrogen) atoms. The Hall–Kier alpha value is -2.12. The molecule has 0 atom stereocenters. The molecule has 0 unspecified atom stereocenters. The molecule has 2 aromatic rings. The van der Waals surface area contributed by atoms with Gasteiger partial charge in [0.2, 0.25) is 0 Å². The number of carbonyl (C=O) groups excluding carboxylic acids is 2. The molecule has 1 heterocycles. The number of ether oxygens (including phenoxy) is 1. The van der Waals surface area contributed by atoms with Crippen LogP contribution in [0.15, 0.2) is 48.5 Å². The zero-order valence-corrected chi connectivity index (χ0v) is 16.7. The van der Waals surface area contributed by atoms with E-state index in [2.05, 4.69) is 17.8 Å². The van der Waals surface area contributed by atoms with Gasteiger partial charge in [-0.25, -0.2) is 0 Å². The molecule has 5 nitrogen and oxygen atoms in total.